The molecule has 2 heterocycles. The normalized spacial score (nSPS) is 20.1. The predicted molar refractivity (Wildman–Crippen MR) is 63.2 cm³/mol. The SMILES string of the molecule is Nn1c(SCC(=O)O)nnc1C1CCSC1. The first-order chi connectivity index (χ1) is 7.68. The van der Waals surface area contributed by atoms with Crippen LogP contribution in [0.15, 0.2) is 5.16 Å². The van der Waals surface area contributed by atoms with Crippen LogP contribution in [0.1, 0.15) is 18.2 Å². The Morgan fingerprint density at radius 1 is 1.69 bits per heavy atom. The van der Waals surface area contributed by atoms with E-state index >= 15 is 0 Å². The van der Waals surface area contributed by atoms with Gasteiger partial charge < -0.3 is 10.9 Å². The topological polar surface area (TPSA) is 94.0 Å². The first-order valence-electron chi connectivity index (χ1n) is 4.81. The summed E-state index contributed by atoms with van der Waals surface area (Å²) in [6.07, 6.45) is 1.06. The van der Waals surface area contributed by atoms with Crippen LogP contribution in [-0.4, -0.2) is 43.2 Å². The van der Waals surface area contributed by atoms with Gasteiger partial charge in [-0.05, 0) is 12.2 Å². The highest BCUT2D eigenvalue weighted by Crippen LogP contribution is 2.31. The third kappa shape index (κ3) is 2.43. The Labute approximate surface area is 101 Å². The average Bonchev–Trinajstić information content (AvgIpc) is 2.84. The Balaban J connectivity index is 2.07. The minimum atomic E-state index is -0.883. The van der Waals surface area contributed by atoms with Crippen molar-refractivity contribution >= 4 is 29.5 Å². The first kappa shape index (κ1) is 11.6. The van der Waals surface area contributed by atoms with Crippen LogP contribution >= 0.6 is 23.5 Å². The number of nitrogens with zero attached hydrogens (tertiary/aromatic N) is 3. The number of nitrogen functional groups attached to an aromatic ring is 1. The Bertz CT molecular complexity index is 389. The molecule has 1 aliphatic heterocycles. The number of thioether (sulfide) groups is 2. The lowest BCUT2D eigenvalue weighted by molar-refractivity contribution is -0.133. The summed E-state index contributed by atoms with van der Waals surface area (Å²) < 4.78 is 1.42. The highest BCUT2D eigenvalue weighted by Gasteiger charge is 2.24. The molecule has 1 aromatic rings. The van der Waals surface area contributed by atoms with E-state index in [1.54, 1.807) is 0 Å². The molecule has 0 spiro atoms. The number of carbonyl (C=O) groups is 1. The second-order valence-corrected chi connectivity index (χ2v) is 5.55. The molecule has 0 bridgehead atoms. The maximum atomic E-state index is 10.4. The van der Waals surface area contributed by atoms with Crippen molar-refractivity contribution in [2.24, 2.45) is 0 Å². The van der Waals surface area contributed by atoms with E-state index in [1.807, 2.05) is 11.8 Å². The lowest BCUT2D eigenvalue weighted by atomic mass is 10.1. The molecule has 1 saturated heterocycles. The van der Waals surface area contributed by atoms with Gasteiger partial charge in [-0.1, -0.05) is 11.8 Å². The van der Waals surface area contributed by atoms with Gasteiger partial charge in [0.2, 0.25) is 5.16 Å². The van der Waals surface area contributed by atoms with Crippen LogP contribution in [0.4, 0.5) is 0 Å². The van der Waals surface area contributed by atoms with Crippen LogP contribution in [0.5, 0.6) is 0 Å². The lowest BCUT2D eigenvalue weighted by Crippen LogP contribution is -2.17. The summed E-state index contributed by atoms with van der Waals surface area (Å²) in [5.41, 5.74) is 0. The second-order valence-electron chi connectivity index (χ2n) is 3.45. The summed E-state index contributed by atoms with van der Waals surface area (Å²) in [5.74, 6) is 8.15. The summed E-state index contributed by atoms with van der Waals surface area (Å²) in [4.78, 5) is 10.4. The van der Waals surface area contributed by atoms with Crippen molar-refractivity contribution in [1.29, 1.82) is 0 Å². The molecule has 0 amide bonds. The fraction of sp³-hybridized carbons (Fsp3) is 0.625. The number of carboxylic acid groups (broad SMARTS) is 1. The van der Waals surface area contributed by atoms with Gasteiger partial charge in [0.15, 0.2) is 5.82 Å². The third-order valence-corrected chi connectivity index (χ3v) is 4.40. The van der Waals surface area contributed by atoms with Crippen molar-refractivity contribution in [3.63, 3.8) is 0 Å². The number of nitrogens with two attached hydrogens (primary N) is 1. The molecule has 1 fully saturated rings. The Morgan fingerprint density at radius 3 is 3.12 bits per heavy atom. The van der Waals surface area contributed by atoms with E-state index in [-0.39, 0.29) is 5.75 Å². The zero-order chi connectivity index (χ0) is 11.5. The number of aliphatic carboxylic acids is 1. The Morgan fingerprint density at radius 2 is 2.50 bits per heavy atom. The van der Waals surface area contributed by atoms with Crippen LogP contribution in [0, 0.1) is 0 Å². The van der Waals surface area contributed by atoms with Gasteiger partial charge in [0.1, 0.15) is 0 Å². The van der Waals surface area contributed by atoms with E-state index in [0.29, 0.717) is 11.1 Å². The molecule has 0 saturated carbocycles. The summed E-state index contributed by atoms with van der Waals surface area (Å²) >= 11 is 2.97. The fourth-order valence-corrected chi connectivity index (χ4v) is 3.33. The van der Waals surface area contributed by atoms with Gasteiger partial charge in [-0.15, -0.1) is 10.2 Å². The van der Waals surface area contributed by atoms with E-state index in [2.05, 4.69) is 10.2 Å². The second kappa shape index (κ2) is 4.96. The van der Waals surface area contributed by atoms with Crippen molar-refractivity contribution in [3.05, 3.63) is 5.82 Å². The molecule has 1 aliphatic rings. The van der Waals surface area contributed by atoms with Crippen LogP contribution in [0.3, 0.4) is 0 Å². The Kier molecular flexibility index (Phi) is 3.59. The highest BCUT2D eigenvalue weighted by atomic mass is 32.2. The molecule has 0 radical (unpaired) electrons. The number of rotatable bonds is 4. The fourth-order valence-electron chi connectivity index (χ4n) is 1.53. The summed E-state index contributed by atoms with van der Waals surface area (Å²) in [7, 11) is 0. The zero-order valence-corrected chi connectivity index (χ0v) is 10.1. The van der Waals surface area contributed by atoms with Crippen molar-refractivity contribution in [2.45, 2.75) is 17.5 Å². The van der Waals surface area contributed by atoms with Gasteiger partial charge in [-0.2, -0.15) is 11.8 Å². The molecular formula is C8H12N4O2S2. The lowest BCUT2D eigenvalue weighted by Gasteiger charge is -2.07. The number of hydrogen-bond acceptors (Lipinski definition) is 6. The first-order valence-corrected chi connectivity index (χ1v) is 6.95. The van der Waals surface area contributed by atoms with E-state index < -0.39 is 5.97 Å². The predicted octanol–water partition coefficient (Wildman–Crippen LogP) is 0.389. The van der Waals surface area contributed by atoms with E-state index in [4.69, 9.17) is 10.9 Å². The van der Waals surface area contributed by atoms with Gasteiger partial charge in [0.05, 0.1) is 5.75 Å². The number of aromatic nitrogens is 3. The highest BCUT2D eigenvalue weighted by molar-refractivity contribution is 7.99. The monoisotopic (exact) mass is 260 g/mol. The minimum Gasteiger partial charge on any atom is -0.481 e. The maximum absolute atomic E-state index is 10.4. The third-order valence-electron chi connectivity index (χ3n) is 2.31. The van der Waals surface area contributed by atoms with Crippen LogP contribution in [0.2, 0.25) is 0 Å². The quantitative estimate of drug-likeness (QED) is 0.597. The van der Waals surface area contributed by atoms with Crippen molar-refractivity contribution < 1.29 is 9.90 Å². The minimum absolute atomic E-state index is 0.0469. The number of hydrogen-bond donors (Lipinski definition) is 2. The number of carboxylic acids is 1. The standard InChI is InChI=1S/C8H12N4O2S2/c9-12-7(5-1-2-15-3-5)10-11-8(12)16-4-6(13)14/h5H,1-4,9H2,(H,13,14). The Hall–Kier alpha value is -0.890. The molecule has 1 aromatic heterocycles. The van der Waals surface area contributed by atoms with Gasteiger partial charge in [0, 0.05) is 11.7 Å². The van der Waals surface area contributed by atoms with Gasteiger partial charge >= 0.3 is 5.97 Å². The van der Waals surface area contributed by atoms with Gasteiger partial charge in [0.25, 0.3) is 0 Å². The van der Waals surface area contributed by atoms with Crippen LogP contribution in [-0.2, 0) is 4.79 Å². The van der Waals surface area contributed by atoms with Gasteiger partial charge in [-0.3, -0.25) is 4.79 Å². The average molecular weight is 260 g/mol. The molecule has 1 unspecified atom stereocenters. The van der Waals surface area contributed by atoms with Crippen LogP contribution in [0.25, 0.3) is 0 Å². The largest absolute Gasteiger partial charge is 0.481 e. The van der Waals surface area contributed by atoms with Gasteiger partial charge in [-0.25, -0.2) is 4.68 Å². The van der Waals surface area contributed by atoms with E-state index in [0.717, 1.165) is 35.5 Å². The molecular weight excluding hydrogens is 248 g/mol. The van der Waals surface area contributed by atoms with E-state index in [9.17, 15) is 4.79 Å². The molecule has 6 nitrogen and oxygen atoms in total. The van der Waals surface area contributed by atoms with Crippen molar-refractivity contribution in [2.75, 3.05) is 23.1 Å². The molecule has 16 heavy (non-hydrogen) atoms. The smallest absolute Gasteiger partial charge is 0.313 e. The molecule has 1 atom stereocenters. The molecule has 3 N–H and O–H groups in total. The molecule has 0 aliphatic carbocycles. The summed E-state index contributed by atoms with van der Waals surface area (Å²) in [6.45, 7) is 0. The van der Waals surface area contributed by atoms with E-state index in [1.165, 1.54) is 4.68 Å². The molecule has 0 aromatic carbocycles. The van der Waals surface area contributed by atoms with Crippen molar-refractivity contribution in [3.8, 4) is 0 Å². The van der Waals surface area contributed by atoms with Crippen molar-refractivity contribution in [1.82, 2.24) is 14.9 Å². The summed E-state index contributed by atoms with van der Waals surface area (Å²) in [5, 5.41) is 17.0. The zero-order valence-electron chi connectivity index (χ0n) is 8.50. The molecule has 88 valence electrons. The molecule has 2 rings (SSSR count). The molecule has 8 heteroatoms. The summed E-state index contributed by atoms with van der Waals surface area (Å²) in [6, 6.07) is 0. The van der Waals surface area contributed by atoms with Crippen LogP contribution < -0.4 is 5.84 Å². The maximum Gasteiger partial charge on any atom is 0.313 e.